The molecule has 1 N–H and O–H groups in total. The fraction of sp³-hybridized carbons (Fsp3) is 0.333. The highest BCUT2D eigenvalue weighted by atomic mass is 16.1. The Morgan fingerprint density at radius 3 is 2.45 bits per heavy atom. The molecule has 0 bridgehead atoms. The zero-order chi connectivity index (χ0) is 20.4. The molecule has 1 unspecified atom stereocenters. The fourth-order valence-electron chi connectivity index (χ4n) is 4.04. The second kappa shape index (κ2) is 8.31. The average Bonchev–Trinajstić information content (AvgIpc) is 2.74. The van der Waals surface area contributed by atoms with Gasteiger partial charge in [-0.2, -0.15) is 0 Å². The molecule has 0 spiro atoms. The monoisotopic (exact) mass is 389 g/mol. The minimum atomic E-state index is -0.134. The number of aromatic nitrogens is 1. The van der Waals surface area contributed by atoms with Crippen LogP contribution in [0.4, 0.5) is 0 Å². The van der Waals surface area contributed by atoms with Gasteiger partial charge in [0.1, 0.15) is 6.29 Å². The quantitative estimate of drug-likeness (QED) is 0.682. The minimum Gasteiger partial charge on any atom is -0.321 e. The van der Waals surface area contributed by atoms with Crippen molar-refractivity contribution in [3.63, 3.8) is 0 Å². The first-order chi connectivity index (χ1) is 14.0. The number of rotatable bonds is 5. The van der Waals surface area contributed by atoms with Gasteiger partial charge in [0.25, 0.3) is 5.56 Å². The molecule has 1 atom stereocenters. The van der Waals surface area contributed by atoms with Crippen LogP contribution in [0.3, 0.4) is 0 Å². The van der Waals surface area contributed by atoms with E-state index < -0.39 is 0 Å². The number of likely N-dealkylation sites (N-methyl/N-ethyl adjacent to an activating group) is 1. The lowest BCUT2D eigenvalue weighted by atomic mass is 9.97. The minimum absolute atomic E-state index is 0.0777. The Bertz CT molecular complexity index is 1060. The van der Waals surface area contributed by atoms with Gasteiger partial charge >= 0.3 is 0 Å². The van der Waals surface area contributed by atoms with Gasteiger partial charge in [0.05, 0.1) is 5.92 Å². The molecule has 0 saturated carbocycles. The lowest BCUT2D eigenvalue weighted by Gasteiger charge is -2.33. The largest absolute Gasteiger partial charge is 0.321 e. The van der Waals surface area contributed by atoms with Gasteiger partial charge in [-0.05, 0) is 48.2 Å². The number of aldehydes is 1. The van der Waals surface area contributed by atoms with Crippen molar-refractivity contribution in [3.8, 4) is 11.3 Å². The molecule has 1 aromatic heterocycles. The van der Waals surface area contributed by atoms with Gasteiger partial charge in [0.15, 0.2) is 0 Å². The van der Waals surface area contributed by atoms with Crippen molar-refractivity contribution in [2.45, 2.75) is 12.8 Å². The summed E-state index contributed by atoms with van der Waals surface area (Å²) in [5.41, 5.74) is 3.76. The number of nitrogens with one attached hydrogen (secondary N) is 1. The standard InChI is InChI=1S/C24H27N3O2/c1-17-4-3-5-21-22(17)14-23(25-24(21)29)19-8-6-18(7-9-19)20(16-28)15-27-12-10-26(2)11-13-27/h3-9,14,16,20H,10-13,15H2,1-2H3,(H,25,29). The Balaban J connectivity index is 1.57. The Kier molecular flexibility index (Phi) is 5.60. The molecular weight excluding hydrogens is 362 g/mol. The maximum atomic E-state index is 12.5. The number of fused-ring (bicyclic) bond motifs is 1. The number of aromatic amines is 1. The van der Waals surface area contributed by atoms with E-state index >= 15 is 0 Å². The number of carbonyl (C=O) groups is 1. The van der Waals surface area contributed by atoms with E-state index in [-0.39, 0.29) is 11.5 Å². The summed E-state index contributed by atoms with van der Waals surface area (Å²) in [6.45, 7) is 6.84. The highest BCUT2D eigenvalue weighted by Crippen LogP contribution is 2.24. The first-order valence-corrected chi connectivity index (χ1v) is 10.1. The number of carbonyl (C=O) groups excluding carboxylic acids is 1. The molecule has 0 aliphatic carbocycles. The highest BCUT2D eigenvalue weighted by molar-refractivity contribution is 5.87. The number of H-pyrrole nitrogens is 1. The number of hydrogen-bond acceptors (Lipinski definition) is 4. The van der Waals surface area contributed by atoms with Gasteiger partial charge in [-0.1, -0.05) is 36.4 Å². The van der Waals surface area contributed by atoms with Crippen molar-refractivity contribution < 1.29 is 4.79 Å². The average molecular weight is 389 g/mol. The van der Waals surface area contributed by atoms with Crippen molar-refractivity contribution >= 4 is 17.1 Å². The molecule has 5 nitrogen and oxygen atoms in total. The van der Waals surface area contributed by atoms with Crippen LogP contribution in [-0.2, 0) is 4.79 Å². The summed E-state index contributed by atoms with van der Waals surface area (Å²) in [6, 6.07) is 15.8. The Labute approximate surface area is 171 Å². The summed E-state index contributed by atoms with van der Waals surface area (Å²) < 4.78 is 0. The summed E-state index contributed by atoms with van der Waals surface area (Å²) in [7, 11) is 2.13. The SMILES string of the molecule is Cc1cccc2c(=O)[nH]c(-c3ccc(C(C=O)CN4CCN(C)CC4)cc3)cc12. The third-order valence-electron chi connectivity index (χ3n) is 5.97. The molecule has 1 aliphatic heterocycles. The van der Waals surface area contributed by atoms with Crippen LogP contribution >= 0.6 is 0 Å². The number of nitrogens with zero attached hydrogens (tertiary/aromatic N) is 2. The van der Waals surface area contributed by atoms with Crippen molar-refractivity contribution in [2.75, 3.05) is 39.8 Å². The van der Waals surface area contributed by atoms with Crippen LogP contribution in [0.2, 0.25) is 0 Å². The molecule has 1 fully saturated rings. The fourth-order valence-corrected chi connectivity index (χ4v) is 4.04. The van der Waals surface area contributed by atoms with Gasteiger partial charge < -0.3 is 14.7 Å². The van der Waals surface area contributed by atoms with Crippen molar-refractivity contribution in [1.29, 1.82) is 0 Å². The third kappa shape index (κ3) is 4.16. The second-order valence-corrected chi connectivity index (χ2v) is 8.02. The third-order valence-corrected chi connectivity index (χ3v) is 5.97. The number of piperazine rings is 1. The molecule has 150 valence electrons. The van der Waals surface area contributed by atoms with Gasteiger partial charge in [0.2, 0.25) is 0 Å². The van der Waals surface area contributed by atoms with Crippen LogP contribution in [0.15, 0.2) is 53.3 Å². The molecule has 1 saturated heterocycles. The van der Waals surface area contributed by atoms with Crippen LogP contribution in [0.1, 0.15) is 17.0 Å². The van der Waals surface area contributed by atoms with Gasteiger partial charge in [-0.25, -0.2) is 0 Å². The highest BCUT2D eigenvalue weighted by Gasteiger charge is 2.19. The molecule has 2 heterocycles. The zero-order valence-corrected chi connectivity index (χ0v) is 17.0. The van der Waals surface area contributed by atoms with Crippen molar-refractivity contribution in [1.82, 2.24) is 14.8 Å². The Morgan fingerprint density at radius 1 is 1.03 bits per heavy atom. The predicted molar refractivity (Wildman–Crippen MR) is 117 cm³/mol. The van der Waals surface area contributed by atoms with E-state index in [1.807, 2.05) is 55.5 Å². The van der Waals surface area contributed by atoms with E-state index in [0.29, 0.717) is 5.39 Å². The second-order valence-electron chi connectivity index (χ2n) is 8.02. The van der Waals surface area contributed by atoms with E-state index in [1.54, 1.807) is 0 Å². The van der Waals surface area contributed by atoms with E-state index in [9.17, 15) is 9.59 Å². The normalized spacial score (nSPS) is 16.8. The van der Waals surface area contributed by atoms with Gasteiger partial charge in [-0.3, -0.25) is 9.69 Å². The lowest BCUT2D eigenvalue weighted by molar-refractivity contribution is -0.109. The molecule has 3 aromatic rings. The smallest absolute Gasteiger partial charge is 0.256 e. The first kappa shape index (κ1) is 19.6. The summed E-state index contributed by atoms with van der Waals surface area (Å²) in [4.78, 5) is 31.9. The summed E-state index contributed by atoms with van der Waals surface area (Å²) in [5.74, 6) is -0.134. The van der Waals surface area contributed by atoms with E-state index in [1.165, 1.54) is 0 Å². The molecular formula is C24H27N3O2. The first-order valence-electron chi connectivity index (χ1n) is 10.1. The van der Waals surface area contributed by atoms with Gasteiger partial charge in [-0.15, -0.1) is 0 Å². The molecule has 2 aromatic carbocycles. The van der Waals surface area contributed by atoms with E-state index in [2.05, 4.69) is 21.8 Å². The molecule has 5 heteroatoms. The maximum absolute atomic E-state index is 12.5. The zero-order valence-electron chi connectivity index (χ0n) is 17.0. The number of benzene rings is 2. The molecule has 0 radical (unpaired) electrons. The lowest BCUT2D eigenvalue weighted by Crippen LogP contribution is -2.45. The Hall–Kier alpha value is -2.76. The maximum Gasteiger partial charge on any atom is 0.256 e. The number of aryl methyl sites for hydroxylation is 1. The molecule has 29 heavy (non-hydrogen) atoms. The summed E-state index contributed by atoms with van der Waals surface area (Å²) in [5, 5.41) is 1.68. The van der Waals surface area contributed by atoms with Crippen LogP contribution in [-0.4, -0.2) is 60.8 Å². The van der Waals surface area contributed by atoms with Crippen LogP contribution < -0.4 is 5.56 Å². The van der Waals surface area contributed by atoms with Crippen molar-refractivity contribution in [2.24, 2.45) is 0 Å². The van der Waals surface area contributed by atoms with Crippen LogP contribution in [0.5, 0.6) is 0 Å². The van der Waals surface area contributed by atoms with Crippen molar-refractivity contribution in [3.05, 3.63) is 70.0 Å². The summed E-state index contributed by atoms with van der Waals surface area (Å²) in [6.07, 6.45) is 1.05. The van der Waals surface area contributed by atoms with Crippen LogP contribution in [0, 0.1) is 6.92 Å². The molecule has 1 aliphatic rings. The Morgan fingerprint density at radius 2 is 1.76 bits per heavy atom. The van der Waals surface area contributed by atoms with Crippen LogP contribution in [0.25, 0.3) is 22.0 Å². The predicted octanol–water partition coefficient (Wildman–Crippen LogP) is 3.03. The number of pyridine rings is 1. The van der Waals surface area contributed by atoms with Gasteiger partial charge in [0, 0.05) is 43.8 Å². The molecule has 4 rings (SSSR count). The molecule has 0 amide bonds. The van der Waals surface area contributed by atoms with E-state index in [0.717, 1.165) is 66.8 Å². The summed E-state index contributed by atoms with van der Waals surface area (Å²) >= 11 is 0. The number of hydrogen-bond donors (Lipinski definition) is 1. The topological polar surface area (TPSA) is 56.4 Å². The van der Waals surface area contributed by atoms with E-state index in [4.69, 9.17) is 0 Å².